The van der Waals surface area contributed by atoms with Crippen molar-refractivity contribution in [2.75, 3.05) is 12.4 Å². The van der Waals surface area contributed by atoms with Crippen LogP contribution >= 0.6 is 11.6 Å². The molecule has 0 spiro atoms. The Hall–Kier alpha value is -3.72. The van der Waals surface area contributed by atoms with E-state index in [4.69, 9.17) is 11.6 Å². The van der Waals surface area contributed by atoms with Crippen LogP contribution in [0.15, 0.2) is 54.7 Å². The number of carbonyl (C=O) groups excluding carboxylic acids is 2. The van der Waals surface area contributed by atoms with E-state index < -0.39 is 22.5 Å². The first-order chi connectivity index (χ1) is 13.9. The summed E-state index contributed by atoms with van der Waals surface area (Å²) in [6.07, 6.45) is 1.51. The van der Waals surface area contributed by atoms with E-state index in [0.717, 1.165) is 24.8 Å². The van der Waals surface area contributed by atoms with Gasteiger partial charge < -0.3 is 10.1 Å². The summed E-state index contributed by atoms with van der Waals surface area (Å²) >= 11 is 5.88. The first-order valence-electron chi connectivity index (χ1n) is 8.33. The molecule has 0 unspecified atom stereocenters. The number of nitro groups is 1. The topological polar surface area (TPSA) is 116 Å². The lowest BCUT2D eigenvalue weighted by atomic mass is 10.1. The third kappa shape index (κ3) is 4.77. The van der Waals surface area contributed by atoms with Gasteiger partial charge in [-0.3, -0.25) is 14.9 Å². The van der Waals surface area contributed by atoms with Crippen LogP contribution in [0.4, 0.5) is 11.5 Å². The van der Waals surface area contributed by atoms with Crippen molar-refractivity contribution in [1.82, 2.24) is 9.78 Å². The average molecular weight is 415 g/mol. The molecule has 3 rings (SSSR count). The largest absolute Gasteiger partial charge is 0.465 e. The summed E-state index contributed by atoms with van der Waals surface area (Å²) in [6, 6.07) is 12.1. The Morgan fingerprint density at radius 2 is 1.86 bits per heavy atom. The summed E-state index contributed by atoms with van der Waals surface area (Å²) < 4.78 is 6.14. The SMILES string of the molecule is COC(=O)c1cc(C(=O)Nc2ccnn2Cc2ccc(Cl)cc2)cc([N+](=O)[O-])c1. The summed E-state index contributed by atoms with van der Waals surface area (Å²) in [4.78, 5) is 34.9. The molecule has 2 aromatic carbocycles. The van der Waals surface area contributed by atoms with Gasteiger partial charge in [-0.05, 0) is 23.8 Å². The van der Waals surface area contributed by atoms with Crippen LogP contribution in [0.1, 0.15) is 26.3 Å². The van der Waals surface area contributed by atoms with Crippen LogP contribution in [0.2, 0.25) is 5.02 Å². The molecular formula is C19H15ClN4O5. The second kappa shape index (κ2) is 8.53. The Labute approximate surface area is 170 Å². The molecule has 0 fully saturated rings. The van der Waals surface area contributed by atoms with Crippen molar-refractivity contribution in [2.45, 2.75) is 6.54 Å². The average Bonchev–Trinajstić information content (AvgIpc) is 3.15. The predicted octanol–water partition coefficient (Wildman–Crippen LogP) is 3.53. The van der Waals surface area contributed by atoms with Crippen LogP contribution in [-0.2, 0) is 11.3 Å². The lowest BCUT2D eigenvalue weighted by Crippen LogP contribution is -2.17. The number of methoxy groups -OCH3 is 1. The molecule has 0 aliphatic rings. The van der Waals surface area contributed by atoms with Crippen LogP contribution in [0, 0.1) is 10.1 Å². The lowest BCUT2D eigenvalue weighted by molar-refractivity contribution is -0.384. The Kier molecular flexibility index (Phi) is 5.89. The van der Waals surface area contributed by atoms with Crippen molar-refractivity contribution in [3.05, 3.63) is 86.6 Å². The first kappa shape index (κ1) is 20.0. The van der Waals surface area contributed by atoms with Gasteiger partial charge in [0.25, 0.3) is 11.6 Å². The first-order valence-corrected chi connectivity index (χ1v) is 8.70. The van der Waals surface area contributed by atoms with Gasteiger partial charge in [0.2, 0.25) is 0 Å². The summed E-state index contributed by atoms with van der Waals surface area (Å²) in [5.74, 6) is -1.02. The summed E-state index contributed by atoms with van der Waals surface area (Å²) in [5, 5.41) is 18.6. The maximum absolute atomic E-state index is 12.7. The summed E-state index contributed by atoms with van der Waals surface area (Å²) in [7, 11) is 1.15. The number of nitro benzene ring substituents is 1. The smallest absolute Gasteiger partial charge is 0.338 e. The number of aromatic nitrogens is 2. The van der Waals surface area contributed by atoms with E-state index in [0.29, 0.717) is 17.4 Å². The number of hydrogen-bond donors (Lipinski definition) is 1. The van der Waals surface area contributed by atoms with E-state index in [1.54, 1.807) is 22.9 Å². The number of nitrogens with zero attached hydrogens (tertiary/aromatic N) is 3. The number of non-ortho nitro benzene ring substituents is 1. The number of hydrogen-bond acceptors (Lipinski definition) is 6. The Balaban J connectivity index is 1.85. The number of benzene rings is 2. The van der Waals surface area contributed by atoms with E-state index in [-0.39, 0.29) is 11.1 Å². The minimum Gasteiger partial charge on any atom is -0.465 e. The van der Waals surface area contributed by atoms with Crippen LogP contribution in [0.25, 0.3) is 0 Å². The number of nitrogens with one attached hydrogen (secondary N) is 1. The number of rotatable bonds is 6. The van der Waals surface area contributed by atoms with Crippen molar-refractivity contribution in [3.63, 3.8) is 0 Å². The van der Waals surface area contributed by atoms with Gasteiger partial charge in [-0.25, -0.2) is 9.48 Å². The number of amides is 1. The quantitative estimate of drug-likeness (QED) is 0.374. The molecule has 0 saturated heterocycles. The van der Waals surface area contributed by atoms with Crippen LogP contribution in [0.3, 0.4) is 0 Å². The number of anilines is 1. The Morgan fingerprint density at radius 1 is 1.17 bits per heavy atom. The molecule has 0 atom stereocenters. The molecule has 1 aromatic heterocycles. The van der Waals surface area contributed by atoms with Crippen LogP contribution in [-0.4, -0.2) is 33.7 Å². The van der Waals surface area contributed by atoms with Gasteiger partial charge in [0.15, 0.2) is 0 Å². The Morgan fingerprint density at radius 3 is 2.52 bits per heavy atom. The molecule has 10 heteroatoms. The van der Waals surface area contributed by atoms with Gasteiger partial charge in [-0.1, -0.05) is 23.7 Å². The monoisotopic (exact) mass is 414 g/mol. The molecule has 9 nitrogen and oxygen atoms in total. The molecule has 1 heterocycles. The van der Waals surface area contributed by atoms with E-state index in [9.17, 15) is 19.7 Å². The molecule has 0 saturated carbocycles. The zero-order chi connectivity index (χ0) is 21.0. The zero-order valence-electron chi connectivity index (χ0n) is 15.2. The van der Waals surface area contributed by atoms with Crippen molar-refractivity contribution in [1.29, 1.82) is 0 Å². The fraction of sp³-hybridized carbons (Fsp3) is 0.105. The lowest BCUT2D eigenvalue weighted by Gasteiger charge is -2.10. The van der Waals surface area contributed by atoms with Gasteiger partial charge in [-0.2, -0.15) is 5.10 Å². The van der Waals surface area contributed by atoms with Crippen LogP contribution < -0.4 is 5.32 Å². The van der Waals surface area contributed by atoms with Crippen molar-refractivity contribution >= 4 is 35.0 Å². The second-order valence-electron chi connectivity index (χ2n) is 5.97. The number of ether oxygens (including phenoxy) is 1. The molecule has 1 amide bonds. The third-order valence-electron chi connectivity index (χ3n) is 4.02. The minimum atomic E-state index is -0.782. The highest BCUT2D eigenvalue weighted by molar-refractivity contribution is 6.30. The molecule has 0 radical (unpaired) electrons. The number of halogens is 1. The van der Waals surface area contributed by atoms with Crippen LogP contribution in [0.5, 0.6) is 0 Å². The maximum atomic E-state index is 12.7. The van der Waals surface area contributed by atoms with Gasteiger partial charge in [0, 0.05) is 28.8 Å². The van der Waals surface area contributed by atoms with Crippen molar-refractivity contribution in [3.8, 4) is 0 Å². The van der Waals surface area contributed by atoms with E-state index >= 15 is 0 Å². The van der Waals surface area contributed by atoms with Crippen molar-refractivity contribution in [2.24, 2.45) is 0 Å². The number of esters is 1. The molecule has 148 valence electrons. The van der Waals surface area contributed by atoms with Gasteiger partial charge >= 0.3 is 5.97 Å². The van der Waals surface area contributed by atoms with Gasteiger partial charge in [0.1, 0.15) is 5.82 Å². The summed E-state index contributed by atoms with van der Waals surface area (Å²) in [6.45, 7) is 0.377. The summed E-state index contributed by atoms with van der Waals surface area (Å²) in [5.41, 5.74) is 0.366. The highest BCUT2D eigenvalue weighted by atomic mass is 35.5. The van der Waals surface area contributed by atoms with E-state index in [1.807, 2.05) is 12.1 Å². The normalized spacial score (nSPS) is 10.4. The molecule has 0 aliphatic carbocycles. The fourth-order valence-electron chi connectivity index (χ4n) is 2.60. The van der Waals surface area contributed by atoms with Crippen molar-refractivity contribution < 1.29 is 19.2 Å². The molecular weight excluding hydrogens is 400 g/mol. The van der Waals surface area contributed by atoms with Gasteiger partial charge in [0.05, 0.1) is 30.3 Å². The highest BCUT2D eigenvalue weighted by Crippen LogP contribution is 2.20. The fourth-order valence-corrected chi connectivity index (χ4v) is 2.73. The molecule has 3 aromatic rings. The predicted molar refractivity (Wildman–Crippen MR) is 105 cm³/mol. The molecule has 1 N–H and O–H groups in total. The molecule has 0 aliphatic heterocycles. The highest BCUT2D eigenvalue weighted by Gasteiger charge is 2.19. The van der Waals surface area contributed by atoms with E-state index in [1.165, 1.54) is 12.3 Å². The third-order valence-corrected chi connectivity index (χ3v) is 4.27. The molecule has 29 heavy (non-hydrogen) atoms. The number of carbonyl (C=O) groups is 2. The van der Waals surface area contributed by atoms with E-state index in [2.05, 4.69) is 15.2 Å². The standard InChI is InChI=1S/C19H15ClN4O5/c1-29-19(26)14-8-13(9-16(10-14)24(27)28)18(25)22-17-6-7-21-23(17)11-12-2-4-15(20)5-3-12/h2-10H,11H2,1H3,(H,22,25). The maximum Gasteiger partial charge on any atom is 0.338 e. The second-order valence-corrected chi connectivity index (χ2v) is 6.41. The van der Waals surface area contributed by atoms with Gasteiger partial charge in [-0.15, -0.1) is 0 Å². The zero-order valence-corrected chi connectivity index (χ0v) is 15.9. The Bertz CT molecular complexity index is 1080. The minimum absolute atomic E-state index is 0.0566. The molecule has 0 bridgehead atoms.